The van der Waals surface area contributed by atoms with Crippen LogP contribution >= 0.6 is 23.1 Å². The van der Waals surface area contributed by atoms with Crippen LogP contribution in [-0.2, 0) is 5.75 Å². The molecule has 1 heterocycles. The molecule has 1 aliphatic rings. The van der Waals surface area contributed by atoms with Crippen molar-refractivity contribution in [3.8, 4) is 5.75 Å². The van der Waals surface area contributed by atoms with E-state index in [1.54, 1.807) is 18.4 Å². The molecule has 1 aliphatic carbocycles. The number of hydrogen-bond donors (Lipinski definition) is 0. The Morgan fingerprint density at radius 3 is 2.76 bits per heavy atom. The number of anilines is 1. The van der Waals surface area contributed by atoms with Crippen molar-refractivity contribution in [1.29, 1.82) is 0 Å². The number of ether oxygens (including phenoxy) is 1. The summed E-state index contributed by atoms with van der Waals surface area (Å²) in [6.45, 7) is 0. The smallest absolute Gasteiger partial charge is 0.145 e. The molecule has 5 heteroatoms. The van der Waals surface area contributed by atoms with Gasteiger partial charge in [0.2, 0.25) is 0 Å². The summed E-state index contributed by atoms with van der Waals surface area (Å²) in [6, 6.07) is 10.6. The van der Waals surface area contributed by atoms with Crippen molar-refractivity contribution in [1.82, 2.24) is 0 Å². The largest absolute Gasteiger partial charge is 0.496 e. The Balaban J connectivity index is 1.80. The van der Waals surface area contributed by atoms with Gasteiger partial charge in [-0.15, -0.1) is 11.3 Å². The van der Waals surface area contributed by atoms with Gasteiger partial charge in [-0.05, 0) is 42.5 Å². The molecule has 0 N–H and O–H groups in total. The van der Waals surface area contributed by atoms with Gasteiger partial charge < -0.3 is 9.64 Å². The van der Waals surface area contributed by atoms with Crippen LogP contribution in [0, 0.1) is 0 Å². The van der Waals surface area contributed by atoms with Gasteiger partial charge in [-0.2, -0.15) is 11.8 Å². The molecule has 0 amide bonds. The quantitative estimate of drug-likeness (QED) is 0.497. The lowest BCUT2D eigenvalue weighted by molar-refractivity contribution is 0.411. The fourth-order valence-electron chi connectivity index (χ4n) is 3.30. The number of hydrogen-bond acceptors (Lipinski definition) is 4. The van der Waals surface area contributed by atoms with Gasteiger partial charge in [0.15, 0.2) is 0 Å². The Morgan fingerprint density at radius 2 is 2.12 bits per heavy atom. The molecule has 3 rings (SSSR count). The van der Waals surface area contributed by atoms with Crippen LogP contribution in [0.4, 0.5) is 5.69 Å². The molecule has 0 atom stereocenters. The van der Waals surface area contributed by atoms with Crippen molar-refractivity contribution >= 4 is 34.6 Å². The van der Waals surface area contributed by atoms with Crippen LogP contribution in [0.15, 0.2) is 40.7 Å². The number of methoxy groups -OCH3 is 1. The first-order valence-electron chi connectivity index (χ1n) is 8.76. The minimum absolute atomic E-state index is 0.810. The average Bonchev–Trinajstić information content (AvgIpc) is 3.34. The van der Waals surface area contributed by atoms with Gasteiger partial charge in [0.1, 0.15) is 11.6 Å². The molecule has 134 valence electrons. The Bertz CT molecular complexity index is 706. The number of thiophene rings is 1. The van der Waals surface area contributed by atoms with Crippen molar-refractivity contribution in [2.45, 2.75) is 36.7 Å². The Morgan fingerprint density at radius 1 is 1.32 bits per heavy atom. The van der Waals surface area contributed by atoms with Crippen molar-refractivity contribution in [2.24, 2.45) is 4.99 Å². The molecule has 0 spiro atoms. The van der Waals surface area contributed by atoms with Gasteiger partial charge in [0.25, 0.3) is 0 Å². The van der Waals surface area contributed by atoms with Crippen molar-refractivity contribution in [2.75, 3.05) is 26.1 Å². The van der Waals surface area contributed by atoms with Gasteiger partial charge in [0, 0.05) is 36.3 Å². The van der Waals surface area contributed by atoms with Crippen LogP contribution < -0.4 is 9.64 Å². The third kappa shape index (κ3) is 4.39. The maximum atomic E-state index is 5.59. The molecule has 0 saturated heterocycles. The van der Waals surface area contributed by atoms with E-state index in [4.69, 9.17) is 4.74 Å². The summed E-state index contributed by atoms with van der Waals surface area (Å²) >= 11 is 3.79. The first-order chi connectivity index (χ1) is 12.2. The lowest BCUT2D eigenvalue weighted by Gasteiger charge is -2.22. The molecule has 1 aromatic heterocycles. The fourth-order valence-corrected chi connectivity index (χ4v) is 5.40. The standard InChI is InChI=1S/C20H26N2OS2/c1-21-20(19-9-6-12-24-19)22(2)16-10-11-18(23-3)15(13-16)14-25-17-7-4-5-8-17/h6,9-13,17H,4-5,7-8,14H2,1-3H3. The van der Waals surface area contributed by atoms with E-state index in [0.29, 0.717) is 0 Å². The molecule has 0 unspecified atom stereocenters. The zero-order valence-corrected chi connectivity index (χ0v) is 16.8. The number of aliphatic imine (C=N–C) groups is 1. The molecule has 0 bridgehead atoms. The third-order valence-corrected chi connectivity index (χ3v) is 6.99. The maximum absolute atomic E-state index is 5.59. The highest BCUT2D eigenvalue weighted by molar-refractivity contribution is 7.99. The minimum Gasteiger partial charge on any atom is -0.496 e. The van der Waals surface area contributed by atoms with Crippen LogP contribution in [0.5, 0.6) is 5.75 Å². The molecule has 1 saturated carbocycles. The topological polar surface area (TPSA) is 24.8 Å². The summed E-state index contributed by atoms with van der Waals surface area (Å²) in [5, 5.41) is 2.90. The second kappa shape index (κ2) is 8.77. The minimum atomic E-state index is 0.810. The van der Waals surface area contributed by atoms with Crippen LogP contribution in [0.3, 0.4) is 0 Å². The van der Waals surface area contributed by atoms with Crippen molar-refractivity contribution < 1.29 is 4.74 Å². The second-order valence-electron chi connectivity index (χ2n) is 6.30. The third-order valence-electron chi connectivity index (χ3n) is 4.70. The van der Waals surface area contributed by atoms with Gasteiger partial charge in [-0.25, -0.2) is 0 Å². The number of rotatable bonds is 6. The lowest BCUT2D eigenvalue weighted by Crippen LogP contribution is -2.26. The van der Waals surface area contributed by atoms with E-state index in [-0.39, 0.29) is 0 Å². The highest BCUT2D eigenvalue weighted by Crippen LogP contribution is 2.35. The first-order valence-corrected chi connectivity index (χ1v) is 10.7. The average molecular weight is 375 g/mol. The first kappa shape index (κ1) is 18.3. The molecular weight excluding hydrogens is 348 g/mol. The summed E-state index contributed by atoms with van der Waals surface area (Å²) in [5.41, 5.74) is 2.42. The zero-order chi connectivity index (χ0) is 17.6. The molecule has 1 fully saturated rings. The fraction of sp³-hybridized carbons (Fsp3) is 0.450. The van der Waals surface area contributed by atoms with E-state index in [2.05, 4.69) is 64.4 Å². The molecule has 3 nitrogen and oxygen atoms in total. The SMILES string of the molecule is CN=C(c1cccs1)N(C)c1ccc(OC)c(CSC2CCCC2)c1. The second-order valence-corrected chi connectivity index (χ2v) is 8.53. The van der Waals surface area contributed by atoms with Crippen molar-refractivity contribution in [3.05, 3.63) is 46.2 Å². The summed E-state index contributed by atoms with van der Waals surface area (Å²) in [5.74, 6) is 2.98. The lowest BCUT2D eigenvalue weighted by atomic mass is 10.2. The number of thioether (sulfide) groups is 1. The summed E-state index contributed by atoms with van der Waals surface area (Å²) in [6.07, 6.45) is 5.48. The van der Waals surface area contributed by atoms with Crippen molar-refractivity contribution in [3.63, 3.8) is 0 Å². The molecule has 1 aromatic carbocycles. The Kier molecular flexibility index (Phi) is 6.43. The van der Waals surface area contributed by atoms with E-state index < -0.39 is 0 Å². The Labute approximate surface area is 159 Å². The predicted molar refractivity (Wildman–Crippen MR) is 112 cm³/mol. The summed E-state index contributed by atoms with van der Waals surface area (Å²) in [7, 11) is 5.69. The zero-order valence-electron chi connectivity index (χ0n) is 15.2. The van der Waals surface area contributed by atoms with Gasteiger partial charge in [-0.3, -0.25) is 4.99 Å². The molecular formula is C20H26N2OS2. The maximum Gasteiger partial charge on any atom is 0.145 e. The van der Waals surface area contributed by atoms with Crippen LogP contribution in [0.1, 0.15) is 36.1 Å². The van der Waals surface area contributed by atoms with Gasteiger partial charge >= 0.3 is 0 Å². The van der Waals surface area contributed by atoms with Crippen LogP contribution in [0.2, 0.25) is 0 Å². The van der Waals surface area contributed by atoms with E-state index in [1.807, 2.05) is 7.05 Å². The summed E-state index contributed by atoms with van der Waals surface area (Å²) in [4.78, 5) is 7.85. The van der Waals surface area contributed by atoms with Gasteiger partial charge in [-0.1, -0.05) is 18.9 Å². The normalized spacial score (nSPS) is 15.6. The van der Waals surface area contributed by atoms with E-state index in [9.17, 15) is 0 Å². The number of benzene rings is 1. The number of nitrogens with zero attached hydrogens (tertiary/aromatic N) is 2. The molecule has 2 aromatic rings. The van der Waals surface area contributed by atoms with E-state index >= 15 is 0 Å². The summed E-state index contributed by atoms with van der Waals surface area (Å²) < 4.78 is 5.59. The highest BCUT2D eigenvalue weighted by atomic mass is 32.2. The Hall–Kier alpha value is -1.46. The molecule has 0 radical (unpaired) electrons. The number of amidine groups is 1. The van der Waals surface area contributed by atoms with E-state index in [1.165, 1.54) is 36.1 Å². The van der Waals surface area contributed by atoms with Crippen LogP contribution in [0.25, 0.3) is 0 Å². The van der Waals surface area contributed by atoms with Gasteiger partial charge in [0.05, 0.1) is 12.0 Å². The highest BCUT2D eigenvalue weighted by Gasteiger charge is 2.18. The predicted octanol–water partition coefficient (Wildman–Crippen LogP) is 5.45. The molecule has 25 heavy (non-hydrogen) atoms. The monoisotopic (exact) mass is 374 g/mol. The molecule has 0 aliphatic heterocycles. The van der Waals surface area contributed by atoms with Crippen LogP contribution in [-0.4, -0.2) is 32.3 Å². The van der Waals surface area contributed by atoms with E-state index in [0.717, 1.165) is 28.3 Å².